The van der Waals surface area contributed by atoms with Crippen LogP contribution >= 0.6 is 0 Å². The number of aromatic nitrogens is 2. The Hall–Kier alpha value is -0.870. The molecular weight excluding hydrogens is 154 g/mol. The zero-order valence-corrected chi connectivity index (χ0v) is 7.27. The third kappa shape index (κ3) is 2.64. The summed E-state index contributed by atoms with van der Waals surface area (Å²) in [5.41, 5.74) is 5.25. The highest BCUT2D eigenvalue weighted by atomic mass is 16.3. The maximum atomic E-state index is 8.87. The molecule has 1 rings (SSSR count). The molecule has 0 fully saturated rings. The average molecular weight is 169 g/mol. The molecule has 1 unspecified atom stereocenters. The van der Waals surface area contributed by atoms with Crippen LogP contribution in [0, 0.1) is 0 Å². The highest BCUT2D eigenvalue weighted by Gasteiger charge is 2.16. The van der Waals surface area contributed by atoms with Gasteiger partial charge in [0.15, 0.2) is 0 Å². The molecule has 0 aliphatic rings. The predicted octanol–water partition coefficient (Wildman–Crippen LogP) is -0.0171. The van der Waals surface area contributed by atoms with E-state index in [4.69, 9.17) is 10.8 Å². The summed E-state index contributed by atoms with van der Waals surface area (Å²) in [7, 11) is 0. The number of rotatable bonds is 4. The molecule has 0 aromatic carbocycles. The average Bonchev–Trinajstić information content (AvgIpc) is 2.53. The van der Waals surface area contributed by atoms with E-state index in [0.717, 1.165) is 13.0 Å². The van der Waals surface area contributed by atoms with Crippen molar-refractivity contribution in [2.75, 3.05) is 6.61 Å². The molecule has 1 heterocycles. The van der Waals surface area contributed by atoms with E-state index in [0.29, 0.717) is 0 Å². The summed E-state index contributed by atoms with van der Waals surface area (Å²) in [5, 5.41) is 12.9. The Bertz CT molecular complexity index is 218. The van der Waals surface area contributed by atoms with Crippen LogP contribution in [0.2, 0.25) is 0 Å². The van der Waals surface area contributed by atoms with E-state index in [-0.39, 0.29) is 6.61 Å². The van der Waals surface area contributed by atoms with Crippen molar-refractivity contribution in [3.05, 3.63) is 18.5 Å². The monoisotopic (exact) mass is 169 g/mol. The van der Waals surface area contributed by atoms with Gasteiger partial charge in [0.25, 0.3) is 0 Å². The van der Waals surface area contributed by atoms with Crippen molar-refractivity contribution < 1.29 is 5.11 Å². The third-order valence-corrected chi connectivity index (χ3v) is 1.83. The first-order valence-corrected chi connectivity index (χ1v) is 4.01. The Balaban J connectivity index is 2.36. The molecule has 3 N–H and O–H groups in total. The molecule has 0 saturated carbocycles. The van der Waals surface area contributed by atoms with Crippen LogP contribution in [0.5, 0.6) is 0 Å². The number of aliphatic hydroxyl groups is 1. The van der Waals surface area contributed by atoms with E-state index in [9.17, 15) is 0 Å². The van der Waals surface area contributed by atoms with Gasteiger partial charge in [0.1, 0.15) is 0 Å². The van der Waals surface area contributed by atoms with Gasteiger partial charge in [-0.15, -0.1) is 0 Å². The standard InChI is InChI=1S/C8H15N3O/c1-8(9,7-12)3-6-11-5-2-4-10-11/h2,4-5,12H,3,6-7,9H2,1H3. The van der Waals surface area contributed by atoms with Crippen molar-refractivity contribution in [1.29, 1.82) is 0 Å². The largest absolute Gasteiger partial charge is 0.394 e. The van der Waals surface area contributed by atoms with Gasteiger partial charge >= 0.3 is 0 Å². The summed E-state index contributed by atoms with van der Waals surface area (Å²) in [6, 6.07) is 1.87. The first-order chi connectivity index (χ1) is 5.64. The Morgan fingerprint density at radius 1 is 1.67 bits per heavy atom. The maximum Gasteiger partial charge on any atom is 0.0609 e. The molecule has 68 valence electrons. The number of nitrogens with zero attached hydrogens (tertiary/aromatic N) is 2. The minimum atomic E-state index is -0.494. The number of hydrogen-bond acceptors (Lipinski definition) is 3. The first-order valence-electron chi connectivity index (χ1n) is 4.01. The Morgan fingerprint density at radius 3 is 2.92 bits per heavy atom. The summed E-state index contributed by atoms with van der Waals surface area (Å²) in [4.78, 5) is 0. The van der Waals surface area contributed by atoms with Gasteiger partial charge in [0.2, 0.25) is 0 Å². The molecule has 0 saturated heterocycles. The highest BCUT2D eigenvalue weighted by molar-refractivity contribution is 4.81. The van der Waals surface area contributed by atoms with Crippen LogP contribution in [-0.2, 0) is 6.54 Å². The molecule has 12 heavy (non-hydrogen) atoms. The summed E-state index contributed by atoms with van der Waals surface area (Å²) >= 11 is 0. The van der Waals surface area contributed by atoms with Crippen molar-refractivity contribution in [2.45, 2.75) is 25.4 Å². The van der Waals surface area contributed by atoms with Gasteiger partial charge in [-0.3, -0.25) is 4.68 Å². The van der Waals surface area contributed by atoms with Gasteiger partial charge in [0.05, 0.1) is 6.61 Å². The van der Waals surface area contributed by atoms with Crippen molar-refractivity contribution in [1.82, 2.24) is 9.78 Å². The first kappa shape index (κ1) is 9.22. The Morgan fingerprint density at radius 2 is 2.42 bits per heavy atom. The van der Waals surface area contributed by atoms with Gasteiger partial charge in [-0.05, 0) is 19.4 Å². The zero-order chi connectivity index (χ0) is 9.03. The molecule has 1 aromatic rings. The molecule has 0 bridgehead atoms. The van der Waals surface area contributed by atoms with Crippen LogP contribution in [0.3, 0.4) is 0 Å². The van der Waals surface area contributed by atoms with E-state index >= 15 is 0 Å². The van der Waals surface area contributed by atoms with Crippen LogP contribution in [0.25, 0.3) is 0 Å². The van der Waals surface area contributed by atoms with Gasteiger partial charge in [0, 0.05) is 24.5 Å². The van der Waals surface area contributed by atoms with Crippen LogP contribution < -0.4 is 5.73 Å². The fourth-order valence-electron chi connectivity index (χ4n) is 0.882. The summed E-state index contributed by atoms with van der Waals surface area (Å²) in [6.45, 7) is 2.59. The number of aliphatic hydroxyl groups excluding tert-OH is 1. The fourth-order valence-corrected chi connectivity index (χ4v) is 0.882. The maximum absolute atomic E-state index is 8.87. The van der Waals surface area contributed by atoms with E-state index in [2.05, 4.69) is 5.10 Å². The van der Waals surface area contributed by atoms with Crippen molar-refractivity contribution in [2.24, 2.45) is 5.73 Å². The molecule has 0 amide bonds. The lowest BCUT2D eigenvalue weighted by Gasteiger charge is -2.21. The zero-order valence-electron chi connectivity index (χ0n) is 7.27. The fraction of sp³-hybridized carbons (Fsp3) is 0.625. The smallest absolute Gasteiger partial charge is 0.0609 e. The highest BCUT2D eigenvalue weighted by Crippen LogP contribution is 2.05. The molecule has 0 spiro atoms. The summed E-state index contributed by atoms with van der Waals surface area (Å²) in [5.74, 6) is 0. The normalized spacial score (nSPS) is 15.9. The molecular formula is C8H15N3O. The molecule has 0 radical (unpaired) electrons. The topological polar surface area (TPSA) is 64.1 Å². The second-order valence-electron chi connectivity index (χ2n) is 3.33. The molecule has 1 aromatic heterocycles. The van der Waals surface area contributed by atoms with Crippen LogP contribution in [0.4, 0.5) is 0 Å². The lowest BCUT2D eigenvalue weighted by molar-refractivity contribution is 0.194. The minimum Gasteiger partial charge on any atom is -0.394 e. The van der Waals surface area contributed by atoms with Gasteiger partial charge in [-0.1, -0.05) is 0 Å². The number of hydrogen-bond donors (Lipinski definition) is 2. The molecule has 4 heteroatoms. The van der Waals surface area contributed by atoms with E-state index < -0.39 is 5.54 Å². The van der Waals surface area contributed by atoms with E-state index in [1.807, 2.05) is 19.2 Å². The third-order valence-electron chi connectivity index (χ3n) is 1.83. The molecule has 4 nitrogen and oxygen atoms in total. The molecule has 0 aliphatic carbocycles. The molecule has 0 aliphatic heterocycles. The second-order valence-corrected chi connectivity index (χ2v) is 3.33. The van der Waals surface area contributed by atoms with E-state index in [1.165, 1.54) is 0 Å². The quantitative estimate of drug-likeness (QED) is 0.666. The summed E-state index contributed by atoms with van der Waals surface area (Å²) < 4.78 is 1.81. The van der Waals surface area contributed by atoms with Crippen molar-refractivity contribution >= 4 is 0 Å². The molecule has 1 atom stereocenters. The van der Waals surface area contributed by atoms with Gasteiger partial charge in [-0.25, -0.2) is 0 Å². The minimum absolute atomic E-state index is 0.00820. The Labute approximate surface area is 72.0 Å². The van der Waals surface area contributed by atoms with Gasteiger partial charge < -0.3 is 10.8 Å². The van der Waals surface area contributed by atoms with Crippen molar-refractivity contribution in [3.63, 3.8) is 0 Å². The summed E-state index contributed by atoms with van der Waals surface area (Å²) in [6.07, 6.45) is 4.34. The van der Waals surface area contributed by atoms with Crippen LogP contribution in [-0.4, -0.2) is 27.0 Å². The predicted molar refractivity (Wildman–Crippen MR) is 46.5 cm³/mol. The number of nitrogens with two attached hydrogens (primary N) is 1. The lowest BCUT2D eigenvalue weighted by atomic mass is 10.0. The number of aryl methyl sites for hydroxylation is 1. The Kier molecular flexibility index (Phi) is 2.83. The SMILES string of the molecule is CC(N)(CO)CCn1cccn1. The van der Waals surface area contributed by atoms with Crippen LogP contribution in [0.1, 0.15) is 13.3 Å². The second kappa shape index (κ2) is 3.69. The van der Waals surface area contributed by atoms with Crippen LogP contribution in [0.15, 0.2) is 18.5 Å². The lowest BCUT2D eigenvalue weighted by Crippen LogP contribution is -2.41. The van der Waals surface area contributed by atoms with Gasteiger partial charge in [-0.2, -0.15) is 5.10 Å². The van der Waals surface area contributed by atoms with E-state index in [1.54, 1.807) is 10.9 Å². The van der Waals surface area contributed by atoms with Crippen molar-refractivity contribution in [3.8, 4) is 0 Å².